The molecule has 0 rings (SSSR count). The second-order valence-corrected chi connectivity index (χ2v) is 2.35. The van der Waals surface area contributed by atoms with E-state index in [2.05, 4.69) is 13.8 Å². The molecule has 0 radical (unpaired) electrons. The van der Waals surface area contributed by atoms with E-state index in [1.807, 2.05) is 6.92 Å². The lowest BCUT2D eigenvalue weighted by Gasteiger charge is -2.05. The molecular weight excluding hydrogens is 126 g/mol. The first kappa shape index (κ1) is 12.2. The Morgan fingerprint density at radius 2 is 1.50 bits per heavy atom. The maximum absolute atomic E-state index is 10.4. The van der Waals surface area contributed by atoms with Gasteiger partial charge >= 0.3 is 0 Å². The Hall–Kier alpha value is -0.530. The molecule has 0 unspecified atom stereocenters. The fraction of sp³-hybridized carbons (Fsp3) is 0.875. The summed E-state index contributed by atoms with van der Waals surface area (Å²) in [5.41, 5.74) is 0. The van der Waals surface area contributed by atoms with Gasteiger partial charge in [-0.3, -0.25) is 4.79 Å². The molecule has 1 amide bonds. The number of rotatable bonds is 1. The summed E-state index contributed by atoms with van der Waals surface area (Å²) in [5, 5.41) is 0. The van der Waals surface area contributed by atoms with Crippen LogP contribution >= 0.6 is 0 Å². The van der Waals surface area contributed by atoms with Crippen LogP contribution in [0.15, 0.2) is 0 Å². The van der Waals surface area contributed by atoms with E-state index in [4.69, 9.17) is 0 Å². The minimum Gasteiger partial charge on any atom is -0.349 e. The van der Waals surface area contributed by atoms with Crippen molar-refractivity contribution in [2.24, 2.45) is 0 Å². The van der Waals surface area contributed by atoms with Crippen molar-refractivity contribution >= 4 is 5.91 Å². The quantitative estimate of drug-likeness (QED) is 0.552. The summed E-state index contributed by atoms with van der Waals surface area (Å²) in [4.78, 5) is 12.0. The van der Waals surface area contributed by atoms with Crippen molar-refractivity contribution in [3.63, 3.8) is 0 Å². The molecular formula is C8H19NO. The molecule has 0 saturated heterocycles. The van der Waals surface area contributed by atoms with E-state index in [0.717, 1.165) is 0 Å². The van der Waals surface area contributed by atoms with Crippen LogP contribution < -0.4 is 0 Å². The lowest BCUT2D eigenvalue weighted by atomic mass is 10.4. The third-order valence-electron chi connectivity index (χ3n) is 0.801. The van der Waals surface area contributed by atoms with Crippen LogP contribution in [0, 0.1) is 0 Å². The maximum Gasteiger partial charge on any atom is 0.221 e. The smallest absolute Gasteiger partial charge is 0.221 e. The first-order chi connectivity index (χ1) is 4.59. The minimum absolute atomic E-state index is 0.181. The molecule has 0 fully saturated rings. The minimum atomic E-state index is 0.181. The Morgan fingerprint density at radius 1 is 1.20 bits per heavy atom. The van der Waals surface area contributed by atoms with Gasteiger partial charge in [0.25, 0.3) is 0 Å². The fourth-order valence-electron chi connectivity index (χ4n) is 0.316. The van der Waals surface area contributed by atoms with Crippen molar-refractivity contribution in [1.29, 1.82) is 0 Å². The molecule has 0 atom stereocenters. The molecule has 10 heavy (non-hydrogen) atoms. The molecule has 0 bridgehead atoms. The van der Waals surface area contributed by atoms with E-state index in [1.165, 1.54) is 6.42 Å². The van der Waals surface area contributed by atoms with Gasteiger partial charge < -0.3 is 4.90 Å². The van der Waals surface area contributed by atoms with Gasteiger partial charge in [0.1, 0.15) is 0 Å². The van der Waals surface area contributed by atoms with Gasteiger partial charge in [0.15, 0.2) is 0 Å². The van der Waals surface area contributed by atoms with Gasteiger partial charge in [0.2, 0.25) is 5.91 Å². The Morgan fingerprint density at radius 3 is 1.50 bits per heavy atom. The first-order valence-corrected chi connectivity index (χ1v) is 3.80. The highest BCUT2D eigenvalue weighted by Crippen LogP contribution is 1.81. The van der Waals surface area contributed by atoms with Crippen LogP contribution in [0.1, 0.15) is 33.6 Å². The van der Waals surface area contributed by atoms with E-state index >= 15 is 0 Å². The van der Waals surface area contributed by atoms with E-state index < -0.39 is 0 Å². The lowest BCUT2D eigenvalue weighted by Crippen LogP contribution is -2.19. The number of carbonyl (C=O) groups is 1. The molecule has 0 N–H and O–H groups in total. The zero-order valence-electron chi connectivity index (χ0n) is 7.77. The third-order valence-corrected chi connectivity index (χ3v) is 0.801. The van der Waals surface area contributed by atoms with Crippen LogP contribution in [-0.4, -0.2) is 24.9 Å². The molecule has 0 heterocycles. The Labute approximate surface area is 64.2 Å². The summed E-state index contributed by atoms with van der Waals surface area (Å²) in [6, 6.07) is 0. The number of nitrogens with zero attached hydrogens (tertiary/aromatic N) is 1. The molecule has 0 aliphatic rings. The van der Waals surface area contributed by atoms with Crippen LogP contribution in [0.5, 0.6) is 0 Å². The maximum atomic E-state index is 10.4. The Balaban J connectivity index is 0. The summed E-state index contributed by atoms with van der Waals surface area (Å²) < 4.78 is 0. The average molecular weight is 145 g/mol. The Bertz CT molecular complexity index is 79.3. The van der Waals surface area contributed by atoms with Crippen molar-refractivity contribution in [3.05, 3.63) is 0 Å². The molecule has 2 heteroatoms. The van der Waals surface area contributed by atoms with Crippen molar-refractivity contribution in [3.8, 4) is 0 Å². The van der Waals surface area contributed by atoms with Crippen LogP contribution in [0.25, 0.3) is 0 Å². The summed E-state index contributed by atoms with van der Waals surface area (Å²) in [6.45, 7) is 6.10. The highest BCUT2D eigenvalue weighted by Gasteiger charge is 1.95. The molecule has 0 aromatic heterocycles. The van der Waals surface area contributed by atoms with Gasteiger partial charge in [-0.1, -0.05) is 27.2 Å². The van der Waals surface area contributed by atoms with Crippen LogP contribution in [0.2, 0.25) is 0 Å². The summed E-state index contributed by atoms with van der Waals surface area (Å²) >= 11 is 0. The lowest BCUT2D eigenvalue weighted by molar-refractivity contribution is -0.128. The molecule has 0 aromatic carbocycles. The van der Waals surface area contributed by atoms with Gasteiger partial charge in [-0.15, -0.1) is 0 Å². The standard InChI is InChI=1S/C5H11NO.C3H8/c1-4-5(7)6(2)3;1-3-2/h4H2,1-3H3;3H2,1-2H3. The van der Waals surface area contributed by atoms with Crippen molar-refractivity contribution in [2.75, 3.05) is 14.1 Å². The van der Waals surface area contributed by atoms with Crippen LogP contribution in [0.3, 0.4) is 0 Å². The van der Waals surface area contributed by atoms with Crippen molar-refractivity contribution in [1.82, 2.24) is 4.90 Å². The highest BCUT2D eigenvalue weighted by atomic mass is 16.2. The monoisotopic (exact) mass is 145 g/mol. The predicted octanol–water partition coefficient (Wildman–Crippen LogP) is 1.90. The first-order valence-electron chi connectivity index (χ1n) is 3.80. The normalized spacial score (nSPS) is 7.70. The second kappa shape index (κ2) is 8.47. The van der Waals surface area contributed by atoms with Gasteiger partial charge in [0, 0.05) is 20.5 Å². The average Bonchev–Trinajstić information content (AvgIpc) is 1.88. The SMILES string of the molecule is CCC.CCC(=O)N(C)C. The molecule has 0 aliphatic carbocycles. The zero-order chi connectivity index (χ0) is 8.57. The van der Waals surface area contributed by atoms with Crippen molar-refractivity contribution < 1.29 is 4.79 Å². The highest BCUT2D eigenvalue weighted by molar-refractivity contribution is 5.75. The molecule has 0 aliphatic heterocycles. The molecule has 62 valence electrons. The predicted molar refractivity (Wildman–Crippen MR) is 45.0 cm³/mol. The van der Waals surface area contributed by atoms with Crippen LogP contribution in [-0.2, 0) is 4.79 Å². The zero-order valence-corrected chi connectivity index (χ0v) is 7.77. The number of hydrogen-bond donors (Lipinski definition) is 0. The number of amides is 1. The van der Waals surface area contributed by atoms with Gasteiger partial charge in [-0.2, -0.15) is 0 Å². The van der Waals surface area contributed by atoms with Gasteiger partial charge in [-0.05, 0) is 0 Å². The number of hydrogen-bond acceptors (Lipinski definition) is 1. The van der Waals surface area contributed by atoms with Crippen molar-refractivity contribution in [2.45, 2.75) is 33.6 Å². The van der Waals surface area contributed by atoms with E-state index in [9.17, 15) is 4.79 Å². The Kier molecular flexibility index (Phi) is 10.3. The third kappa shape index (κ3) is 10.5. The number of carbonyl (C=O) groups excluding carboxylic acids is 1. The molecule has 2 nitrogen and oxygen atoms in total. The molecule has 0 spiro atoms. The van der Waals surface area contributed by atoms with Gasteiger partial charge in [-0.25, -0.2) is 0 Å². The largest absolute Gasteiger partial charge is 0.349 e. The summed E-state index contributed by atoms with van der Waals surface area (Å²) in [6.07, 6.45) is 1.85. The second-order valence-electron chi connectivity index (χ2n) is 2.35. The van der Waals surface area contributed by atoms with E-state index in [-0.39, 0.29) is 5.91 Å². The van der Waals surface area contributed by atoms with E-state index in [1.54, 1.807) is 19.0 Å². The summed E-state index contributed by atoms with van der Waals surface area (Å²) in [5.74, 6) is 0.181. The fourth-order valence-corrected chi connectivity index (χ4v) is 0.316. The van der Waals surface area contributed by atoms with E-state index in [0.29, 0.717) is 6.42 Å². The topological polar surface area (TPSA) is 20.3 Å². The van der Waals surface area contributed by atoms with Gasteiger partial charge in [0.05, 0.1) is 0 Å². The molecule has 0 aromatic rings. The van der Waals surface area contributed by atoms with Crippen LogP contribution in [0.4, 0.5) is 0 Å². The summed E-state index contributed by atoms with van der Waals surface area (Å²) in [7, 11) is 3.51. The molecule has 0 saturated carbocycles.